The molecule has 6 bridgehead atoms. The van der Waals surface area contributed by atoms with E-state index in [1.807, 2.05) is 17.0 Å². The van der Waals surface area contributed by atoms with E-state index in [4.69, 9.17) is 0 Å². The molecule has 1 unspecified atom stereocenters. The highest BCUT2D eigenvalue weighted by Crippen LogP contribution is 2.60. The van der Waals surface area contributed by atoms with Crippen molar-refractivity contribution < 1.29 is 15.0 Å². The molecule has 6 fully saturated rings. The van der Waals surface area contributed by atoms with Crippen LogP contribution in [-0.2, 0) is 4.79 Å². The molecule has 5 nitrogen and oxygen atoms in total. The monoisotopic (exact) mass is 452 g/mol. The van der Waals surface area contributed by atoms with E-state index in [1.54, 1.807) is 6.07 Å². The lowest BCUT2D eigenvalue weighted by Crippen LogP contribution is -2.54. The molecule has 0 spiro atoms. The highest BCUT2D eigenvalue weighted by molar-refractivity contribution is 5.77. The molecule has 5 heteroatoms. The summed E-state index contributed by atoms with van der Waals surface area (Å²) in [6.45, 7) is 2.19. The van der Waals surface area contributed by atoms with Gasteiger partial charge in [-0.1, -0.05) is 12.1 Å². The summed E-state index contributed by atoms with van der Waals surface area (Å²) in [7, 11) is 0. The zero-order chi connectivity index (χ0) is 22.6. The molecule has 6 aliphatic rings. The van der Waals surface area contributed by atoms with Gasteiger partial charge in [0.2, 0.25) is 5.91 Å². The molecule has 4 saturated carbocycles. The van der Waals surface area contributed by atoms with Gasteiger partial charge in [-0.2, -0.15) is 0 Å². The summed E-state index contributed by atoms with van der Waals surface area (Å²) >= 11 is 0. The average Bonchev–Trinajstić information content (AvgIpc) is 3.01. The highest BCUT2D eigenvalue weighted by Gasteiger charge is 2.51. The van der Waals surface area contributed by atoms with Crippen LogP contribution in [0.15, 0.2) is 24.3 Å². The van der Waals surface area contributed by atoms with Crippen LogP contribution in [0.3, 0.4) is 0 Å². The average molecular weight is 453 g/mol. The number of nitrogens with zero attached hydrogens (tertiary/aromatic N) is 2. The maximum absolute atomic E-state index is 12.8. The SMILES string of the molecule is O=C(CO)N(CCN1[C@@H]2CC[C@H]1CC(c1cccc(O)c1)C2)CC12CC3CC(CC(C3)C1)C2. The normalized spacial score (nSPS) is 39.2. The van der Waals surface area contributed by atoms with Crippen LogP contribution in [-0.4, -0.2) is 64.2 Å². The number of carbonyl (C=O) groups is 1. The maximum atomic E-state index is 12.8. The number of aliphatic hydroxyl groups excluding tert-OH is 1. The third-order valence-electron chi connectivity index (χ3n) is 10.0. The lowest BCUT2D eigenvalue weighted by Gasteiger charge is -2.58. The Labute approximate surface area is 198 Å². The van der Waals surface area contributed by atoms with E-state index in [2.05, 4.69) is 11.0 Å². The first-order valence-corrected chi connectivity index (χ1v) is 13.4. The first-order valence-electron chi connectivity index (χ1n) is 13.4. The number of hydrogen-bond acceptors (Lipinski definition) is 4. The minimum Gasteiger partial charge on any atom is -0.508 e. The molecular formula is C28H40N2O3. The Morgan fingerprint density at radius 2 is 1.64 bits per heavy atom. The van der Waals surface area contributed by atoms with Gasteiger partial charge in [0.15, 0.2) is 0 Å². The molecule has 2 aliphatic heterocycles. The van der Waals surface area contributed by atoms with Gasteiger partial charge in [0.05, 0.1) is 0 Å². The quantitative estimate of drug-likeness (QED) is 0.653. The molecule has 7 rings (SSSR count). The number of piperidine rings is 1. The van der Waals surface area contributed by atoms with Gasteiger partial charge in [-0.25, -0.2) is 0 Å². The number of hydrogen-bond donors (Lipinski definition) is 2. The summed E-state index contributed by atoms with van der Waals surface area (Å²) in [5, 5.41) is 19.6. The number of aliphatic hydroxyl groups is 1. The van der Waals surface area contributed by atoms with E-state index < -0.39 is 0 Å². The van der Waals surface area contributed by atoms with Crippen molar-refractivity contribution in [2.24, 2.45) is 23.2 Å². The van der Waals surface area contributed by atoms with Crippen LogP contribution in [0.1, 0.15) is 75.7 Å². The molecule has 2 heterocycles. The van der Waals surface area contributed by atoms with E-state index in [0.717, 1.165) is 50.2 Å². The summed E-state index contributed by atoms with van der Waals surface area (Å²) in [6.07, 6.45) is 12.9. The van der Waals surface area contributed by atoms with Gasteiger partial charge in [0, 0.05) is 31.7 Å². The molecule has 0 radical (unpaired) electrons. The topological polar surface area (TPSA) is 64.0 Å². The third kappa shape index (κ3) is 4.20. The van der Waals surface area contributed by atoms with E-state index in [0.29, 0.717) is 29.2 Å². The van der Waals surface area contributed by atoms with Gasteiger partial charge in [-0.15, -0.1) is 0 Å². The summed E-state index contributed by atoms with van der Waals surface area (Å²) in [4.78, 5) is 17.5. The molecule has 4 aliphatic carbocycles. The number of phenolic OH excluding ortho intramolecular Hbond substituents is 1. The largest absolute Gasteiger partial charge is 0.508 e. The van der Waals surface area contributed by atoms with Crippen LogP contribution in [0.25, 0.3) is 0 Å². The van der Waals surface area contributed by atoms with Crippen molar-refractivity contribution in [3.63, 3.8) is 0 Å². The second kappa shape index (κ2) is 8.57. The van der Waals surface area contributed by atoms with Crippen LogP contribution in [0.5, 0.6) is 5.75 Å². The van der Waals surface area contributed by atoms with Crippen molar-refractivity contribution in [2.45, 2.75) is 82.2 Å². The molecule has 3 atom stereocenters. The molecule has 2 N–H and O–H groups in total. The smallest absolute Gasteiger partial charge is 0.248 e. The van der Waals surface area contributed by atoms with Gasteiger partial charge in [0.25, 0.3) is 0 Å². The molecule has 33 heavy (non-hydrogen) atoms. The predicted molar refractivity (Wildman–Crippen MR) is 128 cm³/mol. The fourth-order valence-corrected chi connectivity index (χ4v) is 9.21. The van der Waals surface area contributed by atoms with E-state index in [9.17, 15) is 15.0 Å². The first-order chi connectivity index (χ1) is 16.0. The molecule has 1 amide bonds. The number of aromatic hydroxyl groups is 1. The zero-order valence-electron chi connectivity index (χ0n) is 19.9. The van der Waals surface area contributed by atoms with Gasteiger partial charge in [-0.05, 0) is 111 Å². The van der Waals surface area contributed by atoms with Crippen LogP contribution in [0.2, 0.25) is 0 Å². The fourth-order valence-electron chi connectivity index (χ4n) is 9.21. The lowest BCUT2D eigenvalue weighted by molar-refractivity contribution is -0.140. The minimum absolute atomic E-state index is 0.0762. The van der Waals surface area contributed by atoms with Gasteiger partial charge < -0.3 is 15.1 Å². The van der Waals surface area contributed by atoms with Crippen molar-refractivity contribution >= 4 is 5.91 Å². The predicted octanol–water partition coefficient (Wildman–Crippen LogP) is 4.14. The molecule has 180 valence electrons. The minimum atomic E-state index is -0.362. The molecule has 1 aromatic rings. The van der Waals surface area contributed by atoms with E-state index in [1.165, 1.54) is 56.9 Å². The summed E-state index contributed by atoms with van der Waals surface area (Å²) < 4.78 is 0. The molecule has 0 aromatic heterocycles. The third-order valence-corrected chi connectivity index (χ3v) is 10.0. The van der Waals surface area contributed by atoms with E-state index >= 15 is 0 Å². The molecule has 1 aromatic carbocycles. The molecular weight excluding hydrogens is 412 g/mol. The Morgan fingerprint density at radius 3 is 2.21 bits per heavy atom. The standard InChI is InChI=1S/C28H40N2O3/c31-17-27(33)29(18-28-14-19-8-20(15-28)10-21(9-19)16-28)6-7-30-24-4-5-25(30)12-23(11-24)22-2-1-3-26(32)13-22/h1-3,13,19-21,23-25,31-32H,4-12,14-18H2/t19?,20?,21?,23?,24-,25+,28?. The number of amides is 1. The van der Waals surface area contributed by atoms with Gasteiger partial charge in [0.1, 0.15) is 12.4 Å². The number of phenols is 1. The Balaban J connectivity index is 1.11. The second-order valence-electron chi connectivity index (χ2n) is 12.3. The van der Waals surface area contributed by atoms with Gasteiger partial charge >= 0.3 is 0 Å². The Morgan fingerprint density at radius 1 is 1.00 bits per heavy atom. The summed E-state index contributed by atoms with van der Waals surface area (Å²) in [5.41, 5.74) is 1.59. The Bertz CT molecular complexity index is 836. The number of fused-ring (bicyclic) bond motifs is 2. The van der Waals surface area contributed by atoms with Crippen molar-refractivity contribution in [1.82, 2.24) is 9.80 Å². The van der Waals surface area contributed by atoms with Crippen LogP contribution >= 0.6 is 0 Å². The van der Waals surface area contributed by atoms with Crippen LogP contribution in [0, 0.1) is 23.2 Å². The fraction of sp³-hybridized carbons (Fsp3) is 0.750. The highest BCUT2D eigenvalue weighted by atomic mass is 16.3. The Hall–Kier alpha value is -1.59. The van der Waals surface area contributed by atoms with Crippen LogP contribution in [0.4, 0.5) is 0 Å². The second-order valence-corrected chi connectivity index (χ2v) is 12.3. The summed E-state index contributed by atoms with van der Waals surface area (Å²) in [5.74, 6) is 3.46. The van der Waals surface area contributed by atoms with Crippen molar-refractivity contribution in [1.29, 1.82) is 0 Å². The maximum Gasteiger partial charge on any atom is 0.248 e. The number of carbonyl (C=O) groups excluding carboxylic acids is 1. The van der Waals surface area contributed by atoms with Crippen molar-refractivity contribution in [2.75, 3.05) is 26.2 Å². The van der Waals surface area contributed by atoms with E-state index in [-0.39, 0.29) is 12.5 Å². The molecule has 2 saturated heterocycles. The number of rotatable bonds is 7. The summed E-state index contributed by atoms with van der Waals surface area (Å²) in [6, 6.07) is 8.95. The number of benzene rings is 1. The Kier molecular flexibility index (Phi) is 5.69. The zero-order valence-corrected chi connectivity index (χ0v) is 19.9. The van der Waals surface area contributed by atoms with Gasteiger partial charge in [-0.3, -0.25) is 9.69 Å². The lowest BCUT2D eigenvalue weighted by atomic mass is 9.49. The van der Waals surface area contributed by atoms with Crippen molar-refractivity contribution in [3.8, 4) is 5.75 Å². The van der Waals surface area contributed by atoms with Crippen LogP contribution < -0.4 is 0 Å². The van der Waals surface area contributed by atoms with Crippen molar-refractivity contribution in [3.05, 3.63) is 29.8 Å². The first kappa shape index (κ1) is 21.9.